The lowest BCUT2D eigenvalue weighted by atomic mass is 10.0. The van der Waals surface area contributed by atoms with Gasteiger partial charge in [0, 0.05) is 53.8 Å². The maximum atomic E-state index is 12.5. The molecular formula is C33H38N2O7S. The smallest absolute Gasteiger partial charge is 0.303 e. The van der Waals surface area contributed by atoms with Gasteiger partial charge in [-0.15, -0.1) is 11.8 Å². The van der Waals surface area contributed by atoms with E-state index < -0.39 is 12.3 Å². The Bertz CT molecular complexity index is 1360. The Morgan fingerprint density at radius 3 is 2.30 bits per heavy atom. The number of carboxylic acids is 1. The summed E-state index contributed by atoms with van der Waals surface area (Å²) in [7, 11) is 0. The first-order valence-electron chi connectivity index (χ1n) is 14.4. The topological polar surface area (TPSA) is 134 Å². The molecule has 0 aliphatic carbocycles. The van der Waals surface area contributed by atoms with E-state index in [1.165, 1.54) is 6.92 Å². The molecule has 0 aromatic heterocycles. The van der Waals surface area contributed by atoms with E-state index in [-0.39, 0.29) is 37.0 Å². The monoisotopic (exact) mass is 606 g/mol. The maximum absolute atomic E-state index is 12.5. The number of nitrogens with one attached hydrogen (secondary N) is 2. The van der Waals surface area contributed by atoms with Crippen LogP contribution in [0.2, 0.25) is 0 Å². The Labute approximate surface area is 256 Å². The van der Waals surface area contributed by atoms with Crippen molar-refractivity contribution >= 4 is 40.9 Å². The summed E-state index contributed by atoms with van der Waals surface area (Å²) >= 11 is 1.66. The van der Waals surface area contributed by atoms with Crippen LogP contribution in [0.15, 0.2) is 77.7 Å². The van der Waals surface area contributed by atoms with Crippen LogP contribution in [0.3, 0.4) is 0 Å². The fraction of sp³-hybridized carbons (Fsp3) is 0.364. The van der Waals surface area contributed by atoms with E-state index in [1.54, 1.807) is 11.8 Å². The Kier molecular flexibility index (Phi) is 12.2. The molecule has 4 N–H and O–H groups in total. The number of carbonyl (C=O) groups excluding carboxylic acids is 2. The van der Waals surface area contributed by atoms with Crippen molar-refractivity contribution in [1.82, 2.24) is 0 Å². The van der Waals surface area contributed by atoms with Crippen LogP contribution in [0, 0.1) is 0 Å². The number of hydrogen-bond acceptors (Lipinski definition) is 7. The molecule has 0 radical (unpaired) electrons. The minimum absolute atomic E-state index is 0.0294. The molecule has 0 spiro atoms. The number of ether oxygens (including phenoxy) is 2. The minimum Gasteiger partial charge on any atom is -0.481 e. The van der Waals surface area contributed by atoms with Crippen LogP contribution in [0.25, 0.3) is 0 Å². The molecule has 1 aliphatic rings. The number of unbranched alkanes of at least 4 members (excludes halogenated alkanes) is 2. The van der Waals surface area contributed by atoms with E-state index in [4.69, 9.17) is 14.6 Å². The van der Waals surface area contributed by atoms with Crippen molar-refractivity contribution in [1.29, 1.82) is 0 Å². The number of aliphatic hydroxyl groups is 1. The van der Waals surface area contributed by atoms with Crippen molar-refractivity contribution in [2.24, 2.45) is 0 Å². The molecule has 3 aromatic carbocycles. The van der Waals surface area contributed by atoms with Crippen LogP contribution < -0.4 is 10.6 Å². The van der Waals surface area contributed by atoms with Gasteiger partial charge >= 0.3 is 5.97 Å². The highest BCUT2D eigenvalue weighted by Gasteiger charge is 2.32. The number of aliphatic hydroxyl groups excluding tert-OH is 1. The lowest BCUT2D eigenvalue weighted by Crippen LogP contribution is -2.31. The van der Waals surface area contributed by atoms with Crippen molar-refractivity contribution in [3.05, 3.63) is 89.5 Å². The van der Waals surface area contributed by atoms with E-state index in [2.05, 4.69) is 10.6 Å². The van der Waals surface area contributed by atoms with Gasteiger partial charge in [0.2, 0.25) is 11.8 Å². The summed E-state index contributed by atoms with van der Waals surface area (Å²) in [6.07, 6.45) is 1.91. The molecular weight excluding hydrogens is 568 g/mol. The average molecular weight is 607 g/mol. The van der Waals surface area contributed by atoms with Gasteiger partial charge < -0.3 is 30.3 Å². The fourth-order valence-electron chi connectivity index (χ4n) is 4.77. The number of anilines is 2. The summed E-state index contributed by atoms with van der Waals surface area (Å²) in [6, 6.07) is 22.8. The summed E-state index contributed by atoms with van der Waals surface area (Å²) in [6.45, 7) is 1.45. The number of rotatable bonds is 14. The third-order valence-corrected chi connectivity index (χ3v) is 8.11. The van der Waals surface area contributed by atoms with Crippen LogP contribution in [0.1, 0.15) is 74.5 Å². The second-order valence-electron chi connectivity index (χ2n) is 10.5. The molecule has 1 fully saturated rings. The average Bonchev–Trinajstić information content (AvgIpc) is 3.00. The number of carbonyl (C=O) groups is 3. The standard InChI is InChI=1S/C33H38N2O7S/c1-22(37)34-26-14-16-29(17-15-26)43-21-28-19-30(24-12-10-23(20-36)11-13-24)42-33(41-28)25-6-5-7-27(18-25)35-31(38)8-3-2-4-9-32(39)40/h5-7,10-18,28,30,33,36H,2-4,8-9,19-21H2,1H3,(H,34,37)(H,35,38)(H,39,40)/t28-,30+,33+/m0/s1. The van der Waals surface area contributed by atoms with Gasteiger partial charge in [-0.05, 0) is 60.4 Å². The number of carboxylic acid groups (broad SMARTS) is 1. The molecule has 0 bridgehead atoms. The van der Waals surface area contributed by atoms with Crippen LogP contribution in [-0.4, -0.2) is 39.9 Å². The van der Waals surface area contributed by atoms with Crippen molar-refractivity contribution in [3.63, 3.8) is 0 Å². The molecule has 10 heteroatoms. The van der Waals surface area contributed by atoms with E-state index in [0.29, 0.717) is 43.5 Å². The first kappa shape index (κ1) is 32.2. The summed E-state index contributed by atoms with van der Waals surface area (Å²) < 4.78 is 12.9. The number of aliphatic carboxylic acids is 1. The minimum atomic E-state index is -0.823. The third-order valence-electron chi connectivity index (χ3n) is 6.96. The molecule has 43 heavy (non-hydrogen) atoms. The molecule has 1 saturated heterocycles. The third kappa shape index (κ3) is 10.5. The van der Waals surface area contributed by atoms with E-state index in [0.717, 1.165) is 27.3 Å². The Morgan fingerprint density at radius 1 is 0.860 bits per heavy atom. The Balaban J connectivity index is 1.42. The summed E-state index contributed by atoms with van der Waals surface area (Å²) in [5.74, 6) is -0.380. The molecule has 4 rings (SSSR count). The van der Waals surface area contributed by atoms with Gasteiger partial charge in [-0.1, -0.05) is 42.8 Å². The van der Waals surface area contributed by atoms with E-state index >= 15 is 0 Å². The zero-order valence-electron chi connectivity index (χ0n) is 24.2. The van der Waals surface area contributed by atoms with Crippen molar-refractivity contribution in [2.45, 2.75) is 75.4 Å². The lowest BCUT2D eigenvalue weighted by molar-refractivity contribution is -0.245. The van der Waals surface area contributed by atoms with Crippen molar-refractivity contribution in [3.8, 4) is 0 Å². The number of amides is 2. The Hall–Kier alpha value is -3.70. The van der Waals surface area contributed by atoms with Crippen LogP contribution in [0.5, 0.6) is 0 Å². The molecule has 0 unspecified atom stereocenters. The predicted molar refractivity (Wildman–Crippen MR) is 166 cm³/mol. The molecule has 0 saturated carbocycles. The van der Waals surface area contributed by atoms with Crippen molar-refractivity contribution < 1.29 is 34.1 Å². The summed E-state index contributed by atoms with van der Waals surface area (Å²) in [4.78, 5) is 35.5. The highest BCUT2D eigenvalue weighted by molar-refractivity contribution is 7.99. The zero-order valence-corrected chi connectivity index (χ0v) is 25.0. The van der Waals surface area contributed by atoms with Gasteiger partial charge in [-0.25, -0.2) is 0 Å². The van der Waals surface area contributed by atoms with Gasteiger partial charge in [0.1, 0.15) is 0 Å². The first-order valence-corrected chi connectivity index (χ1v) is 15.4. The Morgan fingerprint density at radius 2 is 1.60 bits per heavy atom. The quantitative estimate of drug-likeness (QED) is 0.122. The maximum Gasteiger partial charge on any atom is 0.303 e. The van der Waals surface area contributed by atoms with Gasteiger partial charge in [-0.3, -0.25) is 14.4 Å². The number of benzene rings is 3. The largest absolute Gasteiger partial charge is 0.481 e. The van der Waals surface area contributed by atoms with Crippen LogP contribution >= 0.6 is 11.8 Å². The first-order chi connectivity index (χ1) is 20.8. The highest BCUT2D eigenvalue weighted by atomic mass is 32.2. The van der Waals surface area contributed by atoms with Gasteiger partial charge in [-0.2, -0.15) is 0 Å². The van der Waals surface area contributed by atoms with E-state index in [1.807, 2.05) is 72.8 Å². The van der Waals surface area contributed by atoms with Crippen molar-refractivity contribution in [2.75, 3.05) is 16.4 Å². The van der Waals surface area contributed by atoms with E-state index in [9.17, 15) is 19.5 Å². The summed E-state index contributed by atoms with van der Waals surface area (Å²) in [5, 5.41) is 23.9. The molecule has 3 atom stereocenters. The SMILES string of the molecule is CC(=O)Nc1ccc(SC[C@@H]2C[C@H](c3ccc(CO)cc3)O[C@H](c3cccc(NC(=O)CCCCCC(=O)O)c3)O2)cc1. The molecule has 2 amide bonds. The summed E-state index contributed by atoms with van der Waals surface area (Å²) in [5.41, 5.74) is 3.99. The predicted octanol–water partition coefficient (Wildman–Crippen LogP) is 6.45. The molecule has 3 aromatic rings. The highest BCUT2D eigenvalue weighted by Crippen LogP contribution is 2.40. The lowest BCUT2D eigenvalue weighted by Gasteiger charge is -2.36. The number of thioether (sulfide) groups is 1. The normalized spacial score (nSPS) is 18.1. The zero-order chi connectivity index (χ0) is 30.6. The molecule has 228 valence electrons. The molecule has 1 heterocycles. The van der Waals surface area contributed by atoms with Gasteiger partial charge in [0.25, 0.3) is 0 Å². The van der Waals surface area contributed by atoms with Crippen LogP contribution in [-0.2, 0) is 30.5 Å². The number of hydrogen-bond donors (Lipinski definition) is 4. The second kappa shape index (κ2) is 16.2. The van der Waals surface area contributed by atoms with Crippen LogP contribution in [0.4, 0.5) is 11.4 Å². The second-order valence-corrected chi connectivity index (χ2v) is 11.6. The van der Waals surface area contributed by atoms with Gasteiger partial charge in [0.05, 0.1) is 18.8 Å². The fourth-order valence-corrected chi connectivity index (χ4v) is 5.70. The molecule has 9 nitrogen and oxygen atoms in total. The van der Waals surface area contributed by atoms with Gasteiger partial charge in [0.15, 0.2) is 6.29 Å². The molecule has 1 aliphatic heterocycles.